The lowest BCUT2D eigenvalue weighted by Gasteiger charge is -2.26. The van der Waals surface area contributed by atoms with Crippen LogP contribution in [0.15, 0.2) is 0 Å². The van der Waals surface area contributed by atoms with Gasteiger partial charge in [-0.25, -0.2) is 10.9 Å². The number of hydrogen-bond donors (Lipinski definition) is 16. The fourth-order valence-corrected chi connectivity index (χ4v) is 5.70. The van der Waals surface area contributed by atoms with Crippen molar-refractivity contribution in [3.63, 3.8) is 0 Å². The van der Waals surface area contributed by atoms with E-state index < -0.39 is 215 Å². The van der Waals surface area contributed by atoms with Crippen LogP contribution in [-0.4, -0.2) is 175 Å². The van der Waals surface area contributed by atoms with Gasteiger partial charge in [-0.2, -0.15) is 0 Å². The second-order valence-corrected chi connectivity index (χ2v) is 14.6. The molecule has 7 atom stereocenters. The van der Waals surface area contributed by atoms with Crippen LogP contribution in [0, 0.1) is 0 Å². The normalized spacial score (nSPS) is 13.9. The summed E-state index contributed by atoms with van der Waals surface area (Å²) in [5.41, 5.74) is 9.90. The van der Waals surface area contributed by atoms with Crippen molar-refractivity contribution in [2.45, 2.75) is 132 Å². The first-order chi connectivity index (χ1) is 31.3. The molecule has 30 nitrogen and oxygen atoms in total. The molecule has 0 saturated carbocycles. The lowest BCUT2D eigenvalue weighted by atomic mass is 10.0. The summed E-state index contributed by atoms with van der Waals surface area (Å²) in [5, 5.41) is 77.7. The van der Waals surface area contributed by atoms with Crippen molar-refractivity contribution in [1.29, 1.82) is 0 Å². The van der Waals surface area contributed by atoms with Gasteiger partial charge in [-0.1, -0.05) is 0 Å². The lowest BCUT2D eigenvalue weighted by molar-refractivity contribution is -0.140. The molecule has 0 spiro atoms. The Morgan fingerprint density at radius 2 is 0.597 bits per heavy atom. The number of carbonyl (C=O) groups is 14. The Hall–Kier alpha value is -7.34. The number of carboxylic acids is 7. The Balaban J connectivity index is 6.39. The maximum Gasteiger partial charge on any atom is 0.303 e. The Labute approximate surface area is 379 Å². The van der Waals surface area contributed by atoms with E-state index in [1.807, 2.05) is 0 Å². The van der Waals surface area contributed by atoms with Gasteiger partial charge >= 0.3 is 41.8 Å². The van der Waals surface area contributed by atoms with E-state index in [9.17, 15) is 92.7 Å². The van der Waals surface area contributed by atoms with E-state index in [1.165, 1.54) is 7.05 Å². The molecular weight excluding hydrogens is 906 g/mol. The number of amides is 6. The maximum atomic E-state index is 13.5. The number of hydrogen-bond acceptors (Lipinski definition) is 17. The number of Topliss-reactive ketones (excluding diaryl/α,β-unsaturated/α-hetero) is 1. The molecule has 0 saturated heterocycles. The SMILES string of the molecule is CNC(CCC(=O)O)C(=O)NC(CCC(=O)O)C(=O)NC(CCC(=O)O)C(=O)CNNC(CCC(=O)O)C(=O)NC(CCC(=O)O)C(=O)NC(CCC(=O)O)C(=O)NC(CCC(=O)O)C(N)=O. The Bertz CT molecular complexity index is 1830. The van der Waals surface area contributed by atoms with Gasteiger partial charge in [0.2, 0.25) is 35.4 Å². The molecule has 17 N–H and O–H groups in total. The molecule has 67 heavy (non-hydrogen) atoms. The molecule has 0 fully saturated rings. The number of carbonyl (C=O) groups excluding carboxylic acids is 7. The van der Waals surface area contributed by atoms with E-state index in [2.05, 4.69) is 42.8 Å². The minimum Gasteiger partial charge on any atom is -0.481 e. The highest BCUT2D eigenvalue weighted by atomic mass is 16.4. The second kappa shape index (κ2) is 31.5. The molecule has 7 unspecified atom stereocenters. The quantitative estimate of drug-likeness (QED) is 0.0257. The summed E-state index contributed by atoms with van der Waals surface area (Å²) in [6.45, 7) is -0.855. The first-order valence-corrected chi connectivity index (χ1v) is 20.3. The zero-order valence-corrected chi connectivity index (χ0v) is 36.1. The summed E-state index contributed by atoms with van der Waals surface area (Å²) >= 11 is 0. The molecule has 6 amide bonds. The number of carboxylic acid groups (broad SMARTS) is 7. The summed E-state index contributed by atoms with van der Waals surface area (Å²) < 4.78 is 0. The van der Waals surface area contributed by atoms with Gasteiger partial charge in [0.1, 0.15) is 30.2 Å². The van der Waals surface area contributed by atoms with Crippen molar-refractivity contribution < 1.29 is 103 Å². The van der Waals surface area contributed by atoms with Gasteiger partial charge in [-0.3, -0.25) is 67.1 Å². The topological polar surface area (TPSA) is 503 Å². The number of rotatable bonds is 38. The number of nitrogens with two attached hydrogens (primary N) is 1. The molecule has 0 aliphatic rings. The van der Waals surface area contributed by atoms with Crippen LogP contribution in [0.3, 0.4) is 0 Å². The highest BCUT2D eigenvalue weighted by Gasteiger charge is 2.33. The zero-order chi connectivity index (χ0) is 51.4. The fourth-order valence-electron chi connectivity index (χ4n) is 5.70. The Morgan fingerprint density at radius 3 is 0.910 bits per heavy atom. The molecule has 0 bridgehead atoms. The summed E-state index contributed by atoms with van der Waals surface area (Å²) in [5.74, 6) is -17.7. The first-order valence-electron chi connectivity index (χ1n) is 20.3. The van der Waals surface area contributed by atoms with Crippen molar-refractivity contribution in [3.8, 4) is 0 Å². The van der Waals surface area contributed by atoms with Crippen LogP contribution in [0.4, 0.5) is 0 Å². The minimum absolute atomic E-state index is 0.238. The third kappa shape index (κ3) is 26.9. The van der Waals surface area contributed by atoms with Crippen molar-refractivity contribution in [3.05, 3.63) is 0 Å². The largest absolute Gasteiger partial charge is 0.481 e. The fraction of sp³-hybridized carbons (Fsp3) is 0.622. The van der Waals surface area contributed by atoms with Crippen LogP contribution in [0.25, 0.3) is 0 Å². The molecule has 0 aliphatic carbocycles. The summed E-state index contributed by atoms with van der Waals surface area (Å²) in [4.78, 5) is 171. The van der Waals surface area contributed by atoms with Crippen LogP contribution in [0.5, 0.6) is 0 Å². The van der Waals surface area contributed by atoms with Crippen molar-refractivity contribution in [1.82, 2.24) is 42.8 Å². The Kier molecular flexibility index (Phi) is 28.1. The van der Waals surface area contributed by atoms with Crippen molar-refractivity contribution >= 4 is 83.0 Å². The molecule has 0 aromatic heterocycles. The van der Waals surface area contributed by atoms with Crippen LogP contribution < -0.4 is 48.5 Å². The van der Waals surface area contributed by atoms with Crippen LogP contribution in [0.1, 0.15) is 89.9 Å². The molecule has 0 aliphatic heterocycles. The average molecular weight is 964 g/mol. The molecule has 0 radical (unpaired) electrons. The number of likely N-dealkylation sites (N-methyl/N-ethyl adjacent to an activating group) is 1. The number of ketones is 1. The highest BCUT2D eigenvalue weighted by molar-refractivity contribution is 5.96. The maximum absolute atomic E-state index is 13.5. The number of nitrogens with one attached hydrogen (secondary N) is 8. The van der Waals surface area contributed by atoms with Crippen molar-refractivity contribution in [2.75, 3.05) is 13.6 Å². The van der Waals surface area contributed by atoms with Gasteiger partial charge in [0, 0.05) is 44.9 Å². The van der Waals surface area contributed by atoms with Gasteiger partial charge in [-0.05, 0) is 52.0 Å². The number of primary amides is 1. The highest BCUT2D eigenvalue weighted by Crippen LogP contribution is 2.09. The number of hydrazine groups is 1. The standard InChI is InChI=1S/C37H57N9O21/c1-39-19(4-11-27(52)53)33(63)43-20(5-12-28(54)55)34(64)41-17(2-9-25(48)49)24(47)16-40-46-23(8-15-31(60)61)37(67)45-22(7-14-30(58)59)36(66)44-21(6-13-29(56)57)35(65)42-18(32(38)62)3-10-26(50)51/h17-23,39-40,46H,2-16H2,1H3,(H2,38,62)(H,41,64)(H,42,65)(H,43,63)(H,44,66)(H,45,67)(H,48,49)(H,50,51)(H,52,53)(H,54,55)(H,56,57)(H,58,59)(H,60,61). The monoisotopic (exact) mass is 963 g/mol. The van der Waals surface area contributed by atoms with E-state index in [0.717, 1.165) is 0 Å². The van der Waals surface area contributed by atoms with Gasteiger partial charge in [0.05, 0.1) is 18.6 Å². The minimum atomic E-state index is -1.84. The van der Waals surface area contributed by atoms with Gasteiger partial charge in [0.15, 0.2) is 5.78 Å². The van der Waals surface area contributed by atoms with E-state index in [4.69, 9.17) is 15.9 Å². The van der Waals surface area contributed by atoms with E-state index >= 15 is 0 Å². The second-order valence-electron chi connectivity index (χ2n) is 14.6. The van der Waals surface area contributed by atoms with Crippen LogP contribution in [-0.2, 0) is 67.1 Å². The van der Waals surface area contributed by atoms with Gasteiger partial charge in [0.25, 0.3) is 0 Å². The Morgan fingerprint density at radius 1 is 0.358 bits per heavy atom. The zero-order valence-electron chi connectivity index (χ0n) is 36.1. The third-order valence-electron chi connectivity index (χ3n) is 9.31. The summed E-state index contributed by atoms with van der Waals surface area (Å²) in [6.07, 6.45) is -8.55. The first kappa shape index (κ1) is 59.7. The molecule has 0 aromatic carbocycles. The molecule has 30 heteroatoms. The molecule has 0 aromatic rings. The molecule has 376 valence electrons. The average Bonchev–Trinajstić information content (AvgIpc) is 3.22. The van der Waals surface area contributed by atoms with E-state index in [1.54, 1.807) is 0 Å². The van der Waals surface area contributed by atoms with Gasteiger partial charge in [-0.15, -0.1) is 0 Å². The van der Waals surface area contributed by atoms with Crippen LogP contribution >= 0.6 is 0 Å². The predicted octanol–water partition coefficient (Wildman–Crippen LogP) is -5.43. The van der Waals surface area contributed by atoms with Gasteiger partial charge < -0.3 is 73.4 Å². The van der Waals surface area contributed by atoms with Crippen molar-refractivity contribution in [2.24, 2.45) is 5.73 Å². The third-order valence-corrected chi connectivity index (χ3v) is 9.31. The molecule has 0 heterocycles. The molecular formula is C37H57N9O21. The summed E-state index contributed by atoms with van der Waals surface area (Å²) in [6, 6.07) is -11.4. The number of aliphatic carboxylic acids is 7. The lowest BCUT2D eigenvalue weighted by Crippen LogP contribution is -2.59. The smallest absolute Gasteiger partial charge is 0.303 e. The predicted molar refractivity (Wildman–Crippen MR) is 220 cm³/mol. The summed E-state index contributed by atoms with van der Waals surface area (Å²) in [7, 11) is 1.32. The molecule has 0 rings (SSSR count). The van der Waals surface area contributed by atoms with E-state index in [0.29, 0.717) is 0 Å². The van der Waals surface area contributed by atoms with E-state index in [-0.39, 0.29) is 6.42 Å². The van der Waals surface area contributed by atoms with Crippen LogP contribution in [0.2, 0.25) is 0 Å².